The molecule has 0 bridgehead atoms. The van der Waals surface area contributed by atoms with Crippen LogP contribution in [0.5, 0.6) is 0 Å². The molecule has 0 aliphatic carbocycles. The Morgan fingerprint density at radius 2 is 1.50 bits per heavy atom. The van der Waals surface area contributed by atoms with Crippen molar-refractivity contribution in [2.45, 2.75) is 19.3 Å². The van der Waals surface area contributed by atoms with Gasteiger partial charge in [0.1, 0.15) is 13.1 Å². The van der Waals surface area contributed by atoms with Crippen molar-refractivity contribution in [2.24, 2.45) is 0 Å². The molecular weight excluding hydrogens is 297 g/mol. The fraction of sp³-hybridized carbons (Fsp3) is 0.308. The van der Waals surface area contributed by atoms with Gasteiger partial charge in [-0.15, -0.1) is 0 Å². The molecule has 2 rings (SSSR count). The number of quaternary nitrogens is 1. The van der Waals surface area contributed by atoms with Gasteiger partial charge in [0.25, 0.3) is 0 Å². The lowest BCUT2D eigenvalue weighted by molar-refractivity contribution is -0.908. The number of nitrogen functional groups attached to an aromatic ring is 2. The molecule has 118 valence electrons. The fourth-order valence-corrected chi connectivity index (χ4v) is 2.03. The highest BCUT2D eigenvalue weighted by Gasteiger charge is 2.30. The monoisotopic (exact) mass is 313 g/mol. The molecule has 0 saturated heterocycles. The Morgan fingerprint density at radius 1 is 0.955 bits per heavy atom. The Balaban J connectivity index is 2.01. The maximum absolute atomic E-state index is 12.5. The normalized spacial score (nSPS) is 13.1. The number of alkyl halides is 3. The lowest BCUT2D eigenvalue weighted by Gasteiger charge is -2.14. The van der Waals surface area contributed by atoms with Gasteiger partial charge in [0, 0.05) is 5.56 Å². The van der Waals surface area contributed by atoms with Crippen LogP contribution in [0.2, 0.25) is 0 Å². The Kier molecular flexibility index (Phi) is 4.45. The van der Waals surface area contributed by atoms with Crippen LogP contribution in [0.25, 0.3) is 0 Å². The summed E-state index contributed by atoms with van der Waals surface area (Å²) in [5, 5.41) is 0. The van der Waals surface area contributed by atoms with Crippen molar-refractivity contribution in [3.05, 3.63) is 41.2 Å². The van der Waals surface area contributed by atoms with Crippen LogP contribution in [0, 0.1) is 0 Å². The van der Waals surface area contributed by atoms with Crippen molar-refractivity contribution >= 4 is 11.9 Å². The highest BCUT2D eigenvalue weighted by molar-refractivity contribution is 5.26. The van der Waals surface area contributed by atoms with Crippen molar-refractivity contribution in [1.82, 2.24) is 15.0 Å². The number of anilines is 2. The second kappa shape index (κ2) is 6.14. The Bertz CT molecular complexity index is 621. The molecule has 6 nitrogen and oxygen atoms in total. The van der Waals surface area contributed by atoms with E-state index in [9.17, 15) is 13.2 Å². The van der Waals surface area contributed by atoms with Crippen LogP contribution in [-0.2, 0) is 19.3 Å². The highest BCUT2D eigenvalue weighted by atomic mass is 19.4. The van der Waals surface area contributed by atoms with E-state index in [0.29, 0.717) is 18.9 Å². The zero-order valence-corrected chi connectivity index (χ0v) is 11.9. The van der Waals surface area contributed by atoms with Gasteiger partial charge >= 0.3 is 6.18 Å². The summed E-state index contributed by atoms with van der Waals surface area (Å²) in [4.78, 5) is 12.6. The average Bonchev–Trinajstić information content (AvgIpc) is 2.36. The van der Waals surface area contributed by atoms with E-state index < -0.39 is 11.7 Å². The lowest BCUT2D eigenvalue weighted by atomic mass is 10.1. The average molecular weight is 313 g/mol. The SMILES string of the molecule is C[NH+](Cc1ccc(C(F)(F)F)cc1)Cc1nc(N)nc(N)n1. The first-order valence-electron chi connectivity index (χ1n) is 6.47. The zero-order chi connectivity index (χ0) is 16.3. The molecule has 9 heteroatoms. The first kappa shape index (κ1) is 16.0. The summed E-state index contributed by atoms with van der Waals surface area (Å²) in [6.45, 7) is 0.946. The van der Waals surface area contributed by atoms with Crippen LogP contribution in [0.4, 0.5) is 25.1 Å². The smallest absolute Gasteiger partial charge is 0.368 e. The van der Waals surface area contributed by atoms with Gasteiger partial charge in [-0.2, -0.15) is 28.1 Å². The molecule has 0 spiro atoms. The van der Waals surface area contributed by atoms with Crippen LogP contribution in [0.3, 0.4) is 0 Å². The molecule has 22 heavy (non-hydrogen) atoms. The number of aromatic nitrogens is 3. The number of rotatable bonds is 4. The second-order valence-corrected chi connectivity index (χ2v) is 4.97. The minimum absolute atomic E-state index is 0.0461. The van der Waals surface area contributed by atoms with Gasteiger partial charge in [-0.05, 0) is 12.1 Å². The van der Waals surface area contributed by atoms with Gasteiger partial charge < -0.3 is 16.4 Å². The predicted molar refractivity (Wildman–Crippen MR) is 74.4 cm³/mol. The van der Waals surface area contributed by atoms with E-state index in [4.69, 9.17) is 11.5 Å². The third-order valence-corrected chi connectivity index (χ3v) is 2.96. The molecular formula is C13H16F3N6+. The van der Waals surface area contributed by atoms with Crippen LogP contribution >= 0.6 is 0 Å². The van der Waals surface area contributed by atoms with Crippen molar-refractivity contribution in [2.75, 3.05) is 18.5 Å². The number of benzene rings is 1. The third kappa shape index (κ3) is 4.29. The fourth-order valence-electron chi connectivity index (χ4n) is 2.03. The Morgan fingerprint density at radius 3 is 2.00 bits per heavy atom. The molecule has 5 N–H and O–H groups in total. The van der Waals surface area contributed by atoms with Gasteiger partial charge in [0.15, 0.2) is 5.82 Å². The Labute approximate surface area is 125 Å². The van der Waals surface area contributed by atoms with Gasteiger partial charge in [-0.1, -0.05) is 12.1 Å². The summed E-state index contributed by atoms with van der Waals surface area (Å²) in [5.41, 5.74) is 11.1. The van der Waals surface area contributed by atoms with E-state index in [1.165, 1.54) is 12.1 Å². The number of nitrogens with two attached hydrogens (primary N) is 2. The molecule has 1 atom stereocenters. The summed E-state index contributed by atoms with van der Waals surface area (Å²) in [6.07, 6.45) is -4.32. The van der Waals surface area contributed by atoms with Crippen molar-refractivity contribution < 1.29 is 18.1 Å². The molecule has 2 aromatic rings. The summed E-state index contributed by atoms with van der Waals surface area (Å²) in [7, 11) is 1.87. The molecule has 0 aliphatic rings. The van der Waals surface area contributed by atoms with Gasteiger partial charge in [0.2, 0.25) is 11.9 Å². The minimum Gasteiger partial charge on any atom is -0.368 e. The second-order valence-electron chi connectivity index (χ2n) is 4.97. The lowest BCUT2D eigenvalue weighted by Crippen LogP contribution is -3.06. The molecule has 1 aromatic carbocycles. The van der Waals surface area contributed by atoms with Gasteiger partial charge in [-0.3, -0.25) is 0 Å². The zero-order valence-electron chi connectivity index (χ0n) is 11.9. The number of nitrogens with zero attached hydrogens (tertiary/aromatic N) is 3. The third-order valence-electron chi connectivity index (χ3n) is 2.96. The van der Waals surface area contributed by atoms with Crippen LogP contribution in [0.1, 0.15) is 17.0 Å². The minimum atomic E-state index is -4.32. The van der Waals surface area contributed by atoms with E-state index >= 15 is 0 Å². The summed E-state index contributed by atoms with van der Waals surface area (Å²) >= 11 is 0. The van der Waals surface area contributed by atoms with Crippen molar-refractivity contribution in [3.8, 4) is 0 Å². The highest BCUT2D eigenvalue weighted by Crippen LogP contribution is 2.28. The van der Waals surface area contributed by atoms with E-state index in [0.717, 1.165) is 22.6 Å². The molecule has 0 saturated carbocycles. The topological polar surface area (TPSA) is 95.2 Å². The molecule has 0 radical (unpaired) electrons. The molecule has 0 aliphatic heterocycles. The number of halogens is 3. The largest absolute Gasteiger partial charge is 0.416 e. The van der Waals surface area contributed by atoms with Crippen molar-refractivity contribution in [1.29, 1.82) is 0 Å². The number of hydrogen-bond donors (Lipinski definition) is 3. The quantitative estimate of drug-likeness (QED) is 0.753. The van der Waals surface area contributed by atoms with Crippen LogP contribution in [-0.4, -0.2) is 22.0 Å². The van der Waals surface area contributed by atoms with Crippen LogP contribution in [0.15, 0.2) is 24.3 Å². The molecule has 1 aromatic heterocycles. The number of hydrogen-bond acceptors (Lipinski definition) is 5. The first-order valence-corrected chi connectivity index (χ1v) is 6.47. The molecule has 0 fully saturated rings. The van der Waals surface area contributed by atoms with E-state index in [2.05, 4.69) is 15.0 Å². The van der Waals surface area contributed by atoms with E-state index in [-0.39, 0.29) is 11.9 Å². The standard InChI is InChI=1S/C13H15F3N6/c1-22(7-10-19-11(17)21-12(18)20-10)6-8-2-4-9(5-3-8)13(14,15)16/h2-5H,6-7H2,1H3,(H4,17,18,19,20,21)/p+1. The van der Waals surface area contributed by atoms with Crippen LogP contribution < -0.4 is 16.4 Å². The summed E-state index contributed by atoms with van der Waals surface area (Å²) in [5.74, 6) is 0.532. The van der Waals surface area contributed by atoms with Crippen molar-refractivity contribution in [3.63, 3.8) is 0 Å². The molecule has 1 unspecified atom stereocenters. The molecule has 0 amide bonds. The summed E-state index contributed by atoms with van der Waals surface area (Å²) < 4.78 is 37.5. The first-order chi connectivity index (χ1) is 10.2. The predicted octanol–water partition coefficient (Wildman–Crippen LogP) is 0.270. The van der Waals surface area contributed by atoms with E-state index in [1.807, 2.05) is 7.05 Å². The van der Waals surface area contributed by atoms with Gasteiger partial charge in [-0.25, -0.2) is 0 Å². The maximum Gasteiger partial charge on any atom is 0.416 e. The van der Waals surface area contributed by atoms with Gasteiger partial charge in [0.05, 0.1) is 12.6 Å². The Hall–Kier alpha value is -2.42. The van der Waals surface area contributed by atoms with E-state index in [1.54, 1.807) is 0 Å². The maximum atomic E-state index is 12.5. The molecule has 1 heterocycles. The summed E-state index contributed by atoms with van der Waals surface area (Å²) in [6, 6.07) is 5.06. The number of nitrogens with one attached hydrogen (secondary N) is 1.